The number of anilines is 1. The average Bonchev–Trinajstić information content (AvgIpc) is 3.36. The van der Waals surface area contributed by atoms with E-state index in [9.17, 15) is 4.79 Å². The van der Waals surface area contributed by atoms with Crippen LogP contribution < -0.4 is 14.4 Å². The molecule has 0 fully saturated rings. The van der Waals surface area contributed by atoms with Crippen LogP contribution in [0.4, 0.5) is 5.13 Å². The summed E-state index contributed by atoms with van der Waals surface area (Å²) in [5, 5.41) is 4.60. The van der Waals surface area contributed by atoms with Crippen molar-refractivity contribution < 1.29 is 14.3 Å². The minimum atomic E-state index is -0.137. The van der Waals surface area contributed by atoms with E-state index in [1.807, 2.05) is 12.1 Å². The molecule has 0 unspecified atom stereocenters. The Labute approximate surface area is 190 Å². The van der Waals surface area contributed by atoms with Crippen molar-refractivity contribution >= 4 is 56.5 Å². The van der Waals surface area contributed by atoms with Gasteiger partial charge in [0.25, 0.3) is 5.91 Å². The van der Waals surface area contributed by atoms with Crippen LogP contribution in [0.15, 0.2) is 12.1 Å². The quantitative estimate of drug-likeness (QED) is 0.468. The second-order valence-corrected chi connectivity index (χ2v) is 8.05. The van der Waals surface area contributed by atoms with E-state index in [0.717, 1.165) is 35.9 Å². The van der Waals surface area contributed by atoms with Gasteiger partial charge in [-0.1, -0.05) is 29.7 Å². The van der Waals surface area contributed by atoms with E-state index in [1.54, 1.807) is 26.0 Å². The van der Waals surface area contributed by atoms with Gasteiger partial charge in [0.1, 0.15) is 26.6 Å². The van der Waals surface area contributed by atoms with Crippen LogP contribution >= 0.6 is 35.3 Å². The first kappa shape index (κ1) is 24.3. The second-order valence-electron chi connectivity index (χ2n) is 6.32. The van der Waals surface area contributed by atoms with Gasteiger partial charge in [-0.05, 0) is 43.7 Å². The number of ether oxygens (including phenoxy) is 2. The molecule has 0 spiro atoms. The number of aromatic nitrogens is 3. The summed E-state index contributed by atoms with van der Waals surface area (Å²) in [6.07, 6.45) is 0. The molecule has 0 atom stereocenters. The standard InChI is InChI=1S/C19H25N5O3S2.ClH/c1-6-23(7-2)10-11-24(18(25)16-12(3)21-22-29-16)19-20-15-13(26-4)8-9-14(27-5)17(15)28-19;/h8-9H,6-7,10-11H2,1-5H3;1H. The van der Waals surface area contributed by atoms with Crippen molar-refractivity contribution in [2.75, 3.05) is 45.3 Å². The zero-order valence-electron chi connectivity index (χ0n) is 17.7. The van der Waals surface area contributed by atoms with E-state index in [4.69, 9.17) is 14.5 Å². The summed E-state index contributed by atoms with van der Waals surface area (Å²) >= 11 is 2.53. The highest BCUT2D eigenvalue weighted by molar-refractivity contribution is 7.22. The molecule has 30 heavy (non-hydrogen) atoms. The number of aryl methyl sites for hydroxylation is 1. The van der Waals surface area contributed by atoms with E-state index in [-0.39, 0.29) is 18.3 Å². The molecule has 2 aromatic heterocycles. The Hall–Kier alpha value is -2.01. The Kier molecular flexibility index (Phi) is 8.78. The number of fused-ring (bicyclic) bond motifs is 1. The lowest BCUT2D eigenvalue weighted by Crippen LogP contribution is -2.38. The summed E-state index contributed by atoms with van der Waals surface area (Å²) < 4.78 is 15.7. The summed E-state index contributed by atoms with van der Waals surface area (Å²) in [4.78, 5) is 22.6. The monoisotopic (exact) mass is 471 g/mol. The van der Waals surface area contributed by atoms with Gasteiger partial charge in [-0.2, -0.15) is 0 Å². The van der Waals surface area contributed by atoms with Gasteiger partial charge in [-0.3, -0.25) is 9.69 Å². The molecule has 0 aliphatic carbocycles. The fourth-order valence-corrected chi connectivity index (χ4v) is 4.71. The van der Waals surface area contributed by atoms with Crippen molar-refractivity contribution in [3.8, 4) is 11.5 Å². The molecule has 0 aliphatic heterocycles. The number of hydrogen-bond donors (Lipinski definition) is 0. The normalized spacial score (nSPS) is 10.9. The second kappa shape index (κ2) is 10.9. The number of likely N-dealkylation sites (N-methyl/N-ethyl adjacent to an activating group) is 1. The lowest BCUT2D eigenvalue weighted by atomic mass is 10.3. The molecule has 0 saturated carbocycles. The Morgan fingerprint density at radius 3 is 2.33 bits per heavy atom. The largest absolute Gasteiger partial charge is 0.495 e. The van der Waals surface area contributed by atoms with Gasteiger partial charge in [0.05, 0.1) is 19.9 Å². The highest BCUT2D eigenvalue weighted by Crippen LogP contribution is 2.40. The SMILES string of the molecule is CCN(CC)CCN(C(=O)c1snnc1C)c1nc2c(OC)ccc(OC)c2s1.Cl. The lowest BCUT2D eigenvalue weighted by molar-refractivity contribution is 0.0987. The molecule has 0 N–H and O–H groups in total. The maximum Gasteiger partial charge on any atom is 0.273 e. The zero-order valence-corrected chi connectivity index (χ0v) is 20.1. The van der Waals surface area contributed by atoms with Crippen LogP contribution in [0.1, 0.15) is 29.2 Å². The minimum Gasteiger partial charge on any atom is -0.495 e. The van der Waals surface area contributed by atoms with Crippen LogP contribution in [0.2, 0.25) is 0 Å². The first-order valence-corrected chi connectivity index (χ1v) is 11.0. The molecule has 11 heteroatoms. The van der Waals surface area contributed by atoms with Crippen molar-refractivity contribution in [3.63, 3.8) is 0 Å². The number of amides is 1. The Balaban J connectivity index is 0.00000320. The van der Waals surface area contributed by atoms with Gasteiger partial charge in [-0.15, -0.1) is 17.5 Å². The Morgan fingerprint density at radius 2 is 1.77 bits per heavy atom. The third-order valence-electron chi connectivity index (χ3n) is 4.76. The van der Waals surface area contributed by atoms with Gasteiger partial charge < -0.3 is 14.4 Å². The summed E-state index contributed by atoms with van der Waals surface area (Å²) in [5.74, 6) is 1.22. The fraction of sp³-hybridized carbons (Fsp3) is 0.474. The van der Waals surface area contributed by atoms with E-state index in [1.165, 1.54) is 11.3 Å². The minimum absolute atomic E-state index is 0. The van der Waals surface area contributed by atoms with Crippen molar-refractivity contribution in [2.24, 2.45) is 0 Å². The third-order valence-corrected chi connectivity index (χ3v) is 6.66. The number of carbonyl (C=O) groups is 1. The molecule has 1 aromatic carbocycles. The van der Waals surface area contributed by atoms with Crippen LogP contribution in [-0.2, 0) is 0 Å². The van der Waals surface area contributed by atoms with Crippen molar-refractivity contribution in [2.45, 2.75) is 20.8 Å². The van der Waals surface area contributed by atoms with Gasteiger partial charge in [0, 0.05) is 13.1 Å². The van der Waals surface area contributed by atoms with E-state index in [2.05, 4.69) is 28.3 Å². The highest BCUT2D eigenvalue weighted by Gasteiger charge is 2.26. The van der Waals surface area contributed by atoms with Crippen molar-refractivity contribution in [1.29, 1.82) is 0 Å². The molecule has 2 heterocycles. The first-order valence-electron chi connectivity index (χ1n) is 9.38. The average molecular weight is 472 g/mol. The lowest BCUT2D eigenvalue weighted by Gasteiger charge is -2.24. The van der Waals surface area contributed by atoms with Gasteiger partial charge in [0.2, 0.25) is 0 Å². The number of thiazole rings is 1. The molecule has 0 aliphatic rings. The molecule has 0 saturated heterocycles. The van der Waals surface area contributed by atoms with Gasteiger partial charge >= 0.3 is 0 Å². The van der Waals surface area contributed by atoms with E-state index >= 15 is 0 Å². The zero-order chi connectivity index (χ0) is 21.0. The molecule has 164 valence electrons. The summed E-state index contributed by atoms with van der Waals surface area (Å²) in [6.45, 7) is 9.11. The predicted molar refractivity (Wildman–Crippen MR) is 124 cm³/mol. The molecule has 3 rings (SSSR count). The number of nitrogens with zero attached hydrogens (tertiary/aromatic N) is 5. The van der Waals surface area contributed by atoms with Crippen LogP contribution in [0, 0.1) is 6.92 Å². The number of hydrogen-bond acceptors (Lipinski definition) is 9. The van der Waals surface area contributed by atoms with Crippen LogP contribution in [-0.4, -0.2) is 65.8 Å². The molecule has 8 nitrogen and oxygen atoms in total. The van der Waals surface area contributed by atoms with Gasteiger partial charge in [0.15, 0.2) is 5.13 Å². The van der Waals surface area contributed by atoms with E-state index < -0.39 is 0 Å². The number of methoxy groups -OCH3 is 2. The number of halogens is 1. The maximum atomic E-state index is 13.3. The summed E-state index contributed by atoms with van der Waals surface area (Å²) in [7, 11) is 3.23. The smallest absolute Gasteiger partial charge is 0.273 e. The van der Waals surface area contributed by atoms with Crippen LogP contribution in [0.25, 0.3) is 10.2 Å². The molecule has 0 radical (unpaired) electrons. The number of carbonyl (C=O) groups excluding carboxylic acids is 1. The van der Waals surface area contributed by atoms with Crippen LogP contribution in [0.5, 0.6) is 11.5 Å². The maximum absolute atomic E-state index is 13.3. The van der Waals surface area contributed by atoms with Gasteiger partial charge in [-0.25, -0.2) is 4.98 Å². The summed E-state index contributed by atoms with van der Waals surface area (Å²) in [5.41, 5.74) is 1.32. The predicted octanol–water partition coefficient (Wildman–Crippen LogP) is 3.88. The topological polar surface area (TPSA) is 80.7 Å². The third kappa shape index (κ3) is 4.83. The Morgan fingerprint density at radius 1 is 1.10 bits per heavy atom. The molecule has 0 bridgehead atoms. The molecule has 1 amide bonds. The Bertz CT molecular complexity index is 949. The first-order chi connectivity index (χ1) is 14.0. The van der Waals surface area contributed by atoms with Crippen LogP contribution in [0.3, 0.4) is 0 Å². The van der Waals surface area contributed by atoms with Crippen molar-refractivity contribution in [3.05, 3.63) is 22.7 Å². The fourth-order valence-electron chi connectivity index (χ4n) is 3.01. The molecular formula is C19H26ClN5O3S2. The number of rotatable bonds is 9. The number of benzene rings is 1. The highest BCUT2D eigenvalue weighted by atomic mass is 35.5. The molecule has 3 aromatic rings. The molecular weight excluding hydrogens is 446 g/mol. The summed E-state index contributed by atoms with van der Waals surface area (Å²) in [6, 6.07) is 3.67. The van der Waals surface area contributed by atoms with E-state index in [0.29, 0.717) is 39.3 Å². The van der Waals surface area contributed by atoms with Crippen molar-refractivity contribution in [1.82, 2.24) is 19.5 Å².